The molecule has 0 spiro atoms. The van der Waals surface area contributed by atoms with Gasteiger partial charge in [0.25, 0.3) is 5.91 Å². The maximum absolute atomic E-state index is 12.8. The molecule has 0 saturated carbocycles. The van der Waals surface area contributed by atoms with Crippen LogP contribution >= 0.6 is 0 Å². The zero-order valence-corrected chi connectivity index (χ0v) is 16.0. The van der Waals surface area contributed by atoms with Crippen LogP contribution in [0.2, 0.25) is 0 Å². The molecular weight excluding hydrogens is 356 g/mol. The fraction of sp³-hybridized carbons (Fsp3) is 0.278. The Labute approximate surface area is 153 Å². The van der Waals surface area contributed by atoms with Crippen LogP contribution in [-0.4, -0.2) is 46.7 Å². The number of sulfonamides is 1. The van der Waals surface area contributed by atoms with Crippen LogP contribution < -0.4 is 14.2 Å². The third-order valence-corrected chi connectivity index (χ3v) is 4.29. The van der Waals surface area contributed by atoms with Gasteiger partial charge in [-0.1, -0.05) is 12.1 Å². The summed E-state index contributed by atoms with van der Waals surface area (Å²) in [6, 6.07) is 11.8. The van der Waals surface area contributed by atoms with Gasteiger partial charge in [0.2, 0.25) is 10.0 Å². The number of methoxy groups -OCH3 is 2. The van der Waals surface area contributed by atoms with Crippen molar-refractivity contribution in [1.29, 1.82) is 0 Å². The van der Waals surface area contributed by atoms with Crippen LogP contribution in [-0.2, 0) is 16.6 Å². The number of para-hydroxylation sites is 1. The average molecular weight is 378 g/mol. The summed E-state index contributed by atoms with van der Waals surface area (Å²) in [5, 5.41) is 0. The fourth-order valence-electron chi connectivity index (χ4n) is 2.47. The predicted molar refractivity (Wildman–Crippen MR) is 100 cm³/mol. The molecule has 8 heteroatoms. The molecule has 0 saturated heterocycles. The van der Waals surface area contributed by atoms with Crippen molar-refractivity contribution in [2.45, 2.75) is 6.54 Å². The monoisotopic (exact) mass is 378 g/mol. The number of amides is 1. The number of ether oxygens (including phenoxy) is 2. The molecule has 0 radical (unpaired) electrons. The van der Waals surface area contributed by atoms with Gasteiger partial charge >= 0.3 is 0 Å². The topological polar surface area (TPSA) is 84.9 Å². The number of anilines is 1. The van der Waals surface area contributed by atoms with E-state index in [1.165, 1.54) is 4.90 Å². The number of hydrogen-bond acceptors (Lipinski definition) is 5. The van der Waals surface area contributed by atoms with E-state index in [4.69, 9.17) is 9.47 Å². The molecule has 0 fully saturated rings. The summed E-state index contributed by atoms with van der Waals surface area (Å²) < 4.78 is 35.9. The Morgan fingerprint density at radius 2 is 1.81 bits per heavy atom. The summed E-state index contributed by atoms with van der Waals surface area (Å²) in [6.07, 6.45) is 1.04. The Hall–Kier alpha value is -2.74. The molecule has 0 heterocycles. The summed E-state index contributed by atoms with van der Waals surface area (Å²) in [6.45, 7) is 0.291. The van der Waals surface area contributed by atoms with Gasteiger partial charge in [-0.15, -0.1) is 0 Å². The van der Waals surface area contributed by atoms with Crippen molar-refractivity contribution >= 4 is 21.6 Å². The van der Waals surface area contributed by atoms with Gasteiger partial charge < -0.3 is 14.4 Å². The van der Waals surface area contributed by atoms with Gasteiger partial charge in [0.1, 0.15) is 11.5 Å². The van der Waals surface area contributed by atoms with Gasteiger partial charge in [-0.3, -0.25) is 9.52 Å². The molecule has 1 N–H and O–H groups in total. The van der Waals surface area contributed by atoms with Crippen LogP contribution in [0.15, 0.2) is 42.5 Å². The lowest BCUT2D eigenvalue weighted by atomic mass is 10.1. The van der Waals surface area contributed by atoms with Crippen LogP contribution in [0.5, 0.6) is 11.5 Å². The van der Waals surface area contributed by atoms with Crippen LogP contribution in [0.1, 0.15) is 15.9 Å². The lowest BCUT2D eigenvalue weighted by Crippen LogP contribution is -2.27. The van der Waals surface area contributed by atoms with Crippen molar-refractivity contribution in [1.82, 2.24) is 4.90 Å². The molecule has 0 aliphatic rings. The highest BCUT2D eigenvalue weighted by Crippen LogP contribution is 2.26. The van der Waals surface area contributed by atoms with Crippen LogP contribution in [0.3, 0.4) is 0 Å². The molecule has 26 heavy (non-hydrogen) atoms. The minimum Gasteiger partial charge on any atom is -0.497 e. The SMILES string of the molecule is COc1ccc(CN(C)C(=O)c2ccccc2NS(C)(=O)=O)c(OC)c1. The Bertz CT molecular complexity index is 896. The van der Waals surface area contributed by atoms with E-state index in [2.05, 4.69) is 4.72 Å². The zero-order chi connectivity index (χ0) is 19.3. The summed E-state index contributed by atoms with van der Waals surface area (Å²) >= 11 is 0. The number of carbonyl (C=O) groups excluding carboxylic acids is 1. The first-order valence-electron chi connectivity index (χ1n) is 7.78. The number of nitrogens with zero attached hydrogens (tertiary/aromatic N) is 1. The van der Waals surface area contributed by atoms with E-state index in [9.17, 15) is 13.2 Å². The number of hydrogen-bond donors (Lipinski definition) is 1. The molecule has 2 aromatic carbocycles. The number of benzene rings is 2. The third kappa shape index (κ3) is 4.89. The smallest absolute Gasteiger partial charge is 0.256 e. The van der Waals surface area contributed by atoms with E-state index in [0.717, 1.165) is 11.8 Å². The van der Waals surface area contributed by atoms with E-state index in [0.29, 0.717) is 18.0 Å². The molecule has 0 aromatic heterocycles. The van der Waals surface area contributed by atoms with Crippen molar-refractivity contribution in [3.05, 3.63) is 53.6 Å². The Kier molecular flexibility index (Phi) is 6.10. The van der Waals surface area contributed by atoms with E-state index in [1.54, 1.807) is 57.7 Å². The second-order valence-corrected chi connectivity index (χ2v) is 7.51. The van der Waals surface area contributed by atoms with Crippen LogP contribution in [0, 0.1) is 0 Å². The second-order valence-electron chi connectivity index (χ2n) is 5.76. The van der Waals surface area contributed by atoms with Crippen molar-refractivity contribution < 1.29 is 22.7 Å². The van der Waals surface area contributed by atoms with Crippen molar-refractivity contribution in [3.8, 4) is 11.5 Å². The molecule has 0 aliphatic carbocycles. The molecule has 0 atom stereocenters. The first kappa shape index (κ1) is 19.6. The molecule has 140 valence electrons. The van der Waals surface area contributed by atoms with Gasteiger partial charge in [-0.05, 0) is 24.3 Å². The van der Waals surface area contributed by atoms with Crippen molar-refractivity contribution in [2.75, 3.05) is 32.2 Å². The number of carbonyl (C=O) groups is 1. The van der Waals surface area contributed by atoms with Gasteiger partial charge in [0, 0.05) is 25.2 Å². The molecule has 2 rings (SSSR count). The van der Waals surface area contributed by atoms with Gasteiger partial charge in [0.05, 0.1) is 31.7 Å². The van der Waals surface area contributed by atoms with Crippen LogP contribution in [0.4, 0.5) is 5.69 Å². The summed E-state index contributed by atoms with van der Waals surface area (Å²) in [5.41, 5.74) is 1.32. The molecule has 0 aliphatic heterocycles. The fourth-order valence-corrected chi connectivity index (χ4v) is 3.05. The molecule has 2 aromatic rings. The lowest BCUT2D eigenvalue weighted by molar-refractivity contribution is 0.0785. The quantitative estimate of drug-likeness (QED) is 0.799. The average Bonchev–Trinajstić information content (AvgIpc) is 2.60. The van der Waals surface area contributed by atoms with Crippen LogP contribution in [0.25, 0.3) is 0 Å². The second kappa shape index (κ2) is 8.09. The lowest BCUT2D eigenvalue weighted by Gasteiger charge is -2.21. The predicted octanol–water partition coefficient (Wildman–Crippen LogP) is 2.35. The van der Waals surface area contributed by atoms with E-state index >= 15 is 0 Å². The van der Waals surface area contributed by atoms with E-state index < -0.39 is 10.0 Å². The van der Waals surface area contributed by atoms with Crippen molar-refractivity contribution in [2.24, 2.45) is 0 Å². The molecule has 7 nitrogen and oxygen atoms in total. The highest BCUT2D eigenvalue weighted by Gasteiger charge is 2.19. The van der Waals surface area contributed by atoms with Crippen molar-refractivity contribution in [3.63, 3.8) is 0 Å². The highest BCUT2D eigenvalue weighted by molar-refractivity contribution is 7.92. The van der Waals surface area contributed by atoms with Gasteiger partial charge in [-0.2, -0.15) is 0 Å². The summed E-state index contributed by atoms with van der Waals surface area (Å²) in [4.78, 5) is 14.3. The first-order chi connectivity index (χ1) is 12.2. The Morgan fingerprint density at radius 1 is 1.12 bits per heavy atom. The molecular formula is C18H22N2O5S. The molecule has 0 unspecified atom stereocenters. The molecule has 1 amide bonds. The maximum Gasteiger partial charge on any atom is 0.256 e. The number of nitrogens with one attached hydrogen (secondary N) is 1. The normalized spacial score (nSPS) is 10.9. The zero-order valence-electron chi connectivity index (χ0n) is 15.1. The standard InChI is InChI=1S/C18H22N2O5S/c1-20(12-13-9-10-14(24-2)11-17(13)25-3)18(21)15-7-5-6-8-16(15)19-26(4,22)23/h5-11,19H,12H2,1-4H3. The third-order valence-electron chi connectivity index (χ3n) is 3.70. The largest absolute Gasteiger partial charge is 0.497 e. The number of rotatable bonds is 7. The van der Waals surface area contributed by atoms with Gasteiger partial charge in [0.15, 0.2) is 0 Å². The van der Waals surface area contributed by atoms with E-state index in [1.807, 2.05) is 6.07 Å². The summed E-state index contributed by atoms with van der Waals surface area (Å²) in [5.74, 6) is 0.948. The maximum atomic E-state index is 12.8. The Morgan fingerprint density at radius 3 is 2.42 bits per heavy atom. The molecule has 0 bridgehead atoms. The van der Waals surface area contributed by atoms with Gasteiger partial charge in [-0.25, -0.2) is 8.42 Å². The summed E-state index contributed by atoms with van der Waals surface area (Å²) in [7, 11) is 1.26. The first-order valence-corrected chi connectivity index (χ1v) is 9.67. The minimum absolute atomic E-state index is 0.244. The minimum atomic E-state index is -3.49. The van der Waals surface area contributed by atoms with E-state index in [-0.39, 0.29) is 17.2 Å². The Balaban J connectivity index is 2.26. The highest BCUT2D eigenvalue weighted by atomic mass is 32.2.